The standard InChI is InChI=1S/C17H23N5O2/c1-12-10-15(24-20-12)14-7-5-9-22(14)17(23)19-11-13-6-4-8-18-16(13)21(2)3/h4,6,8,10,14H,5,7,9,11H2,1-3H3,(H,19,23)/t14-/m1/s1. The third-order valence-electron chi connectivity index (χ3n) is 4.21. The number of likely N-dealkylation sites (tertiary alicyclic amines) is 1. The smallest absolute Gasteiger partial charge is 0.318 e. The molecule has 3 heterocycles. The summed E-state index contributed by atoms with van der Waals surface area (Å²) >= 11 is 0. The first-order valence-electron chi connectivity index (χ1n) is 8.15. The van der Waals surface area contributed by atoms with Crippen LogP contribution in [0.2, 0.25) is 0 Å². The zero-order chi connectivity index (χ0) is 17.1. The number of hydrogen-bond donors (Lipinski definition) is 1. The Morgan fingerprint density at radius 3 is 3.04 bits per heavy atom. The minimum atomic E-state index is -0.0832. The highest BCUT2D eigenvalue weighted by molar-refractivity contribution is 5.75. The Morgan fingerprint density at radius 2 is 2.33 bits per heavy atom. The highest BCUT2D eigenvalue weighted by Crippen LogP contribution is 2.32. The Hall–Kier alpha value is -2.57. The molecule has 1 N–H and O–H groups in total. The van der Waals surface area contributed by atoms with E-state index in [4.69, 9.17) is 4.52 Å². The van der Waals surface area contributed by atoms with Gasteiger partial charge in [-0.15, -0.1) is 0 Å². The van der Waals surface area contributed by atoms with Crippen molar-refractivity contribution in [3.8, 4) is 0 Å². The van der Waals surface area contributed by atoms with Crippen LogP contribution >= 0.6 is 0 Å². The van der Waals surface area contributed by atoms with Gasteiger partial charge < -0.3 is 19.6 Å². The van der Waals surface area contributed by atoms with Crippen LogP contribution in [0.25, 0.3) is 0 Å². The molecule has 7 nitrogen and oxygen atoms in total. The number of amides is 2. The molecule has 24 heavy (non-hydrogen) atoms. The third kappa shape index (κ3) is 3.34. The summed E-state index contributed by atoms with van der Waals surface area (Å²) in [4.78, 5) is 20.7. The predicted octanol–water partition coefficient (Wildman–Crippen LogP) is 2.49. The van der Waals surface area contributed by atoms with Crippen LogP contribution in [0.1, 0.15) is 35.9 Å². The lowest BCUT2D eigenvalue weighted by Crippen LogP contribution is -2.39. The SMILES string of the molecule is Cc1cc([C@H]2CCCN2C(=O)NCc2cccnc2N(C)C)on1. The molecule has 0 aromatic carbocycles. The Balaban J connectivity index is 1.67. The molecule has 128 valence electrons. The quantitative estimate of drug-likeness (QED) is 0.933. The first kappa shape index (κ1) is 16.3. The largest absolute Gasteiger partial charge is 0.362 e. The van der Waals surface area contributed by atoms with E-state index in [-0.39, 0.29) is 12.1 Å². The van der Waals surface area contributed by atoms with Gasteiger partial charge in [0.25, 0.3) is 0 Å². The van der Waals surface area contributed by atoms with Crippen LogP contribution in [0.15, 0.2) is 28.9 Å². The van der Waals surface area contributed by atoms with Gasteiger partial charge in [0.15, 0.2) is 5.76 Å². The van der Waals surface area contributed by atoms with E-state index >= 15 is 0 Å². The van der Waals surface area contributed by atoms with E-state index < -0.39 is 0 Å². The summed E-state index contributed by atoms with van der Waals surface area (Å²) in [5, 5.41) is 6.93. The number of nitrogens with one attached hydrogen (secondary N) is 1. The van der Waals surface area contributed by atoms with Gasteiger partial charge in [-0.3, -0.25) is 0 Å². The second-order valence-corrected chi connectivity index (χ2v) is 6.26. The molecule has 3 rings (SSSR count). The summed E-state index contributed by atoms with van der Waals surface area (Å²) in [6, 6.07) is 5.64. The maximum Gasteiger partial charge on any atom is 0.318 e. The number of hydrogen-bond acceptors (Lipinski definition) is 5. The second-order valence-electron chi connectivity index (χ2n) is 6.26. The zero-order valence-corrected chi connectivity index (χ0v) is 14.3. The number of urea groups is 1. The number of carbonyl (C=O) groups excluding carboxylic acids is 1. The lowest BCUT2D eigenvalue weighted by Gasteiger charge is -2.23. The van der Waals surface area contributed by atoms with Gasteiger partial charge in [0, 0.05) is 45.0 Å². The van der Waals surface area contributed by atoms with Gasteiger partial charge in [-0.1, -0.05) is 11.2 Å². The number of aryl methyl sites for hydroxylation is 1. The third-order valence-corrected chi connectivity index (χ3v) is 4.21. The van der Waals surface area contributed by atoms with E-state index in [1.807, 2.05) is 49.0 Å². The fraction of sp³-hybridized carbons (Fsp3) is 0.471. The van der Waals surface area contributed by atoms with Gasteiger partial charge in [-0.05, 0) is 25.8 Å². The molecule has 2 aromatic rings. The molecule has 1 saturated heterocycles. The van der Waals surface area contributed by atoms with Crippen molar-refractivity contribution in [2.75, 3.05) is 25.5 Å². The Labute approximate surface area is 141 Å². The molecule has 0 bridgehead atoms. The van der Waals surface area contributed by atoms with E-state index in [9.17, 15) is 4.79 Å². The first-order chi connectivity index (χ1) is 11.6. The molecule has 0 unspecified atom stereocenters. The van der Waals surface area contributed by atoms with Crippen molar-refractivity contribution in [1.29, 1.82) is 0 Å². The van der Waals surface area contributed by atoms with Crippen LogP contribution in [-0.4, -0.2) is 41.7 Å². The number of anilines is 1. The molecule has 1 atom stereocenters. The number of aromatic nitrogens is 2. The van der Waals surface area contributed by atoms with Gasteiger partial charge in [-0.2, -0.15) is 0 Å². The summed E-state index contributed by atoms with van der Waals surface area (Å²) in [6.45, 7) is 3.06. The predicted molar refractivity (Wildman–Crippen MR) is 90.7 cm³/mol. The van der Waals surface area contributed by atoms with Gasteiger partial charge >= 0.3 is 6.03 Å². The van der Waals surface area contributed by atoms with Crippen LogP contribution in [-0.2, 0) is 6.54 Å². The Bertz CT molecular complexity index is 713. The Morgan fingerprint density at radius 1 is 1.50 bits per heavy atom. The molecule has 0 saturated carbocycles. The van der Waals surface area contributed by atoms with Gasteiger partial charge in [0.05, 0.1) is 11.7 Å². The van der Waals surface area contributed by atoms with Crippen molar-refractivity contribution in [1.82, 2.24) is 20.4 Å². The van der Waals surface area contributed by atoms with Crippen molar-refractivity contribution in [2.24, 2.45) is 0 Å². The van der Waals surface area contributed by atoms with Crippen LogP contribution in [0, 0.1) is 6.92 Å². The van der Waals surface area contributed by atoms with Crippen molar-refractivity contribution in [2.45, 2.75) is 32.4 Å². The summed E-state index contributed by atoms with van der Waals surface area (Å²) in [7, 11) is 3.88. The summed E-state index contributed by atoms with van der Waals surface area (Å²) in [6.07, 6.45) is 3.62. The average molecular weight is 329 g/mol. The van der Waals surface area contributed by atoms with Gasteiger partial charge in [0.1, 0.15) is 5.82 Å². The van der Waals surface area contributed by atoms with Crippen molar-refractivity contribution in [3.63, 3.8) is 0 Å². The van der Waals surface area contributed by atoms with E-state index in [2.05, 4.69) is 15.5 Å². The molecule has 2 aromatic heterocycles. The first-order valence-corrected chi connectivity index (χ1v) is 8.15. The summed E-state index contributed by atoms with van der Waals surface area (Å²) in [5.41, 5.74) is 1.82. The van der Waals surface area contributed by atoms with E-state index in [0.29, 0.717) is 6.54 Å². The number of carbonyl (C=O) groups is 1. The van der Waals surface area contributed by atoms with Crippen LogP contribution in [0.5, 0.6) is 0 Å². The monoisotopic (exact) mass is 329 g/mol. The van der Waals surface area contributed by atoms with Crippen LogP contribution in [0.4, 0.5) is 10.6 Å². The molecule has 2 amide bonds. The summed E-state index contributed by atoms with van der Waals surface area (Å²) in [5.74, 6) is 1.62. The zero-order valence-electron chi connectivity index (χ0n) is 14.3. The molecule has 0 radical (unpaired) electrons. The number of pyridine rings is 1. The maximum absolute atomic E-state index is 12.6. The summed E-state index contributed by atoms with van der Waals surface area (Å²) < 4.78 is 5.35. The molecule has 7 heteroatoms. The highest BCUT2D eigenvalue weighted by Gasteiger charge is 2.32. The second kappa shape index (κ2) is 6.90. The molecule has 1 aliphatic rings. The topological polar surface area (TPSA) is 74.5 Å². The number of nitrogens with zero attached hydrogens (tertiary/aromatic N) is 4. The van der Waals surface area contributed by atoms with Crippen LogP contribution in [0.3, 0.4) is 0 Å². The van der Waals surface area contributed by atoms with Crippen LogP contribution < -0.4 is 10.2 Å². The molecular formula is C17H23N5O2. The van der Waals surface area contributed by atoms with Crippen molar-refractivity contribution >= 4 is 11.8 Å². The molecule has 1 fully saturated rings. The minimum absolute atomic E-state index is 0.0339. The maximum atomic E-state index is 12.6. The average Bonchev–Trinajstić information content (AvgIpc) is 3.21. The van der Waals surface area contributed by atoms with Gasteiger partial charge in [-0.25, -0.2) is 9.78 Å². The van der Waals surface area contributed by atoms with E-state index in [0.717, 1.165) is 42.2 Å². The molecular weight excluding hydrogens is 306 g/mol. The van der Waals surface area contributed by atoms with E-state index in [1.54, 1.807) is 6.20 Å². The van der Waals surface area contributed by atoms with E-state index in [1.165, 1.54) is 0 Å². The minimum Gasteiger partial charge on any atom is -0.362 e. The fourth-order valence-electron chi connectivity index (χ4n) is 3.09. The van der Waals surface area contributed by atoms with Crippen molar-refractivity contribution < 1.29 is 9.32 Å². The molecule has 1 aliphatic heterocycles. The Kier molecular flexibility index (Phi) is 4.69. The highest BCUT2D eigenvalue weighted by atomic mass is 16.5. The molecule has 0 aliphatic carbocycles. The molecule has 0 spiro atoms. The van der Waals surface area contributed by atoms with Crippen molar-refractivity contribution in [3.05, 3.63) is 41.4 Å². The lowest BCUT2D eigenvalue weighted by atomic mass is 10.1. The fourth-order valence-corrected chi connectivity index (χ4v) is 3.09. The normalized spacial score (nSPS) is 17.1. The lowest BCUT2D eigenvalue weighted by molar-refractivity contribution is 0.182. The van der Waals surface area contributed by atoms with Gasteiger partial charge in [0.2, 0.25) is 0 Å². The number of rotatable bonds is 4.